The van der Waals surface area contributed by atoms with Crippen molar-refractivity contribution in [3.63, 3.8) is 0 Å². The zero-order valence-electron chi connectivity index (χ0n) is 34.9. The van der Waals surface area contributed by atoms with Gasteiger partial charge >= 0.3 is 0 Å². The van der Waals surface area contributed by atoms with Gasteiger partial charge in [-0.2, -0.15) is 0 Å². The molecule has 1 aromatic heterocycles. The molecule has 2 heterocycles. The number of aliphatic hydroxyl groups excluding tert-OH is 1. The maximum atomic E-state index is 17.0. The van der Waals surface area contributed by atoms with E-state index in [2.05, 4.69) is 5.16 Å². The summed E-state index contributed by atoms with van der Waals surface area (Å²) in [4.78, 5) is 34.7. The number of likely N-dealkylation sites (tertiary alicyclic amines) is 1. The van der Waals surface area contributed by atoms with Crippen LogP contribution in [0.2, 0.25) is 18.1 Å². The summed E-state index contributed by atoms with van der Waals surface area (Å²) in [7, 11) is 0.697. The smallest absolute Gasteiger partial charge is 0.265 e. The highest BCUT2D eigenvalue weighted by Crippen LogP contribution is 2.60. The Balaban J connectivity index is 1.31. The van der Waals surface area contributed by atoms with Gasteiger partial charge in [-0.05, 0) is 93.2 Å². The van der Waals surface area contributed by atoms with Gasteiger partial charge in [0.1, 0.15) is 30.4 Å². The van der Waals surface area contributed by atoms with E-state index in [1.807, 2.05) is 118 Å². The number of carbonyl (C=O) groups is 2. The van der Waals surface area contributed by atoms with Crippen LogP contribution in [0.1, 0.15) is 94.8 Å². The fourth-order valence-corrected chi connectivity index (χ4v) is 10.7. The number of aromatic nitrogens is 1. The molecule has 4 aliphatic rings. The van der Waals surface area contributed by atoms with Crippen molar-refractivity contribution in [1.29, 1.82) is 0 Å². The predicted molar refractivity (Wildman–Crippen MR) is 220 cm³/mol. The first-order chi connectivity index (χ1) is 28.0. The van der Waals surface area contributed by atoms with E-state index < -0.39 is 65.8 Å². The van der Waals surface area contributed by atoms with Crippen molar-refractivity contribution in [2.75, 3.05) is 27.2 Å². The van der Waals surface area contributed by atoms with Crippen LogP contribution in [0.25, 0.3) is 0 Å². The Morgan fingerprint density at radius 3 is 2.14 bits per heavy atom. The Labute approximate surface area is 345 Å². The summed E-state index contributed by atoms with van der Waals surface area (Å²) < 4.78 is 59.5. The molecule has 4 aromatic rings. The lowest BCUT2D eigenvalue weighted by atomic mass is 9.58. The molecule has 0 amide bonds. The molecule has 0 spiro atoms. The standard InChI is InChI=1S/C46H53F2N3O7Si/c1-45(2,3)59(6,7)58-46-32(38(50(4)5)41-35(43(46)54)44(49-57-41)56-26-28-18-12-9-13-19-28)23-29-22-30-34(39(52)33(29)42(46)53)40(55-25-27-16-10-8-11-17-27)37(48)31(36(30)47)24-51-20-14-15-21-51/h8-13,16-19,29,32,38,53H,14-15,20-26H2,1-7H3/t29-,32-,38-,46-/m0/s1. The van der Waals surface area contributed by atoms with Gasteiger partial charge in [0.05, 0.1) is 11.6 Å². The number of fused-ring (bicyclic) bond motifs is 4. The molecule has 312 valence electrons. The van der Waals surface area contributed by atoms with E-state index in [4.69, 9.17) is 18.4 Å². The number of halogens is 2. The van der Waals surface area contributed by atoms with Gasteiger partial charge in [-0.25, -0.2) is 8.78 Å². The molecule has 4 atom stereocenters. The number of aliphatic hydroxyl groups is 1. The van der Waals surface area contributed by atoms with Gasteiger partial charge in [0, 0.05) is 29.2 Å². The molecule has 3 aliphatic carbocycles. The third-order valence-corrected chi connectivity index (χ3v) is 17.7. The summed E-state index contributed by atoms with van der Waals surface area (Å²) in [6.07, 6.45) is 1.97. The third kappa shape index (κ3) is 6.93. The molecule has 13 heteroatoms. The minimum absolute atomic E-state index is 0.0272. The SMILES string of the molecule is CN(C)[C@@H]1c2onc(OCc3ccccc3)c2C(=O)[C@@]2(O[Si](C)(C)C(C)(C)C)C(O)=C3C(=O)c4c(c(F)c(CN5CCCC5)c(F)c4OCc4ccccc4)C[C@H]3C[C@@H]12. The van der Waals surface area contributed by atoms with Crippen LogP contribution in [0.4, 0.5) is 8.78 Å². The van der Waals surface area contributed by atoms with Crippen LogP contribution in [-0.4, -0.2) is 72.7 Å². The van der Waals surface area contributed by atoms with E-state index in [1.54, 1.807) is 0 Å². The first-order valence-corrected chi connectivity index (χ1v) is 23.4. The molecule has 3 aromatic carbocycles. The van der Waals surface area contributed by atoms with Crippen molar-refractivity contribution in [2.24, 2.45) is 11.8 Å². The van der Waals surface area contributed by atoms with Gasteiger partial charge in [-0.15, -0.1) is 0 Å². The van der Waals surface area contributed by atoms with Crippen molar-refractivity contribution in [1.82, 2.24) is 15.0 Å². The Hall–Kier alpha value is -4.69. The van der Waals surface area contributed by atoms with Gasteiger partial charge in [0.2, 0.25) is 5.78 Å². The third-order valence-electron chi connectivity index (χ3n) is 13.2. The second-order valence-electron chi connectivity index (χ2n) is 18.2. The molecule has 0 bridgehead atoms. The maximum Gasteiger partial charge on any atom is 0.265 e. The summed E-state index contributed by atoms with van der Waals surface area (Å²) in [5, 5.41) is 16.8. The molecule has 10 nitrogen and oxygen atoms in total. The summed E-state index contributed by atoms with van der Waals surface area (Å²) in [6.45, 7) is 11.5. The first kappa shape index (κ1) is 41.1. The fourth-order valence-electron chi connectivity index (χ4n) is 9.23. The molecule has 59 heavy (non-hydrogen) atoms. The van der Waals surface area contributed by atoms with Crippen LogP contribution in [0.3, 0.4) is 0 Å². The van der Waals surface area contributed by atoms with Crippen LogP contribution in [-0.2, 0) is 30.6 Å². The van der Waals surface area contributed by atoms with E-state index in [-0.39, 0.29) is 77.8 Å². The summed E-state index contributed by atoms with van der Waals surface area (Å²) >= 11 is 0. The Kier molecular flexibility index (Phi) is 10.7. The Morgan fingerprint density at radius 1 is 0.932 bits per heavy atom. The van der Waals surface area contributed by atoms with Gasteiger partial charge < -0.3 is 23.5 Å². The number of hydrogen-bond donors (Lipinski definition) is 1. The van der Waals surface area contributed by atoms with E-state index in [0.29, 0.717) is 13.1 Å². The number of Topliss-reactive ketones (excluding diaryl/α,β-unsaturated/α-hetero) is 2. The second-order valence-corrected chi connectivity index (χ2v) is 22.9. The van der Waals surface area contributed by atoms with Crippen molar-refractivity contribution < 1.29 is 41.9 Å². The van der Waals surface area contributed by atoms with Crippen LogP contribution < -0.4 is 9.47 Å². The van der Waals surface area contributed by atoms with Crippen LogP contribution in [0.15, 0.2) is 76.5 Å². The van der Waals surface area contributed by atoms with Gasteiger partial charge in [-0.3, -0.25) is 19.4 Å². The molecule has 0 saturated carbocycles. The second kappa shape index (κ2) is 15.4. The first-order valence-electron chi connectivity index (χ1n) is 20.5. The van der Waals surface area contributed by atoms with Gasteiger partial charge in [0.25, 0.3) is 5.88 Å². The van der Waals surface area contributed by atoms with E-state index in [9.17, 15) is 5.11 Å². The normalized spacial score (nSPS) is 23.3. The summed E-state index contributed by atoms with van der Waals surface area (Å²) in [5.41, 5.74) is -0.949. The molecule has 1 N–H and O–H groups in total. The minimum atomic E-state index is -2.99. The van der Waals surface area contributed by atoms with Crippen LogP contribution >= 0.6 is 0 Å². The zero-order valence-corrected chi connectivity index (χ0v) is 35.9. The number of allylic oxidation sites excluding steroid dienone is 1. The summed E-state index contributed by atoms with van der Waals surface area (Å²) in [6, 6.07) is 17.9. The molecular weight excluding hydrogens is 773 g/mol. The minimum Gasteiger partial charge on any atom is -0.508 e. The maximum absolute atomic E-state index is 17.0. The largest absolute Gasteiger partial charge is 0.508 e. The summed E-state index contributed by atoms with van der Waals surface area (Å²) in [5.74, 6) is -5.38. The van der Waals surface area contributed by atoms with Gasteiger partial charge in [-0.1, -0.05) is 81.4 Å². The fraction of sp³-hybridized carbons (Fsp3) is 0.457. The quantitative estimate of drug-likeness (QED) is 0.147. The molecule has 0 unspecified atom stereocenters. The average Bonchev–Trinajstić information content (AvgIpc) is 3.87. The van der Waals surface area contributed by atoms with Crippen molar-refractivity contribution in [3.8, 4) is 11.6 Å². The zero-order chi connectivity index (χ0) is 42.0. The molecule has 1 aliphatic heterocycles. The van der Waals surface area contributed by atoms with Gasteiger partial charge in [0.15, 0.2) is 37.0 Å². The number of rotatable bonds is 11. The highest BCUT2D eigenvalue weighted by Gasteiger charge is 2.67. The highest BCUT2D eigenvalue weighted by atomic mass is 28.4. The van der Waals surface area contributed by atoms with E-state index in [1.165, 1.54) is 0 Å². The number of ketones is 2. The number of benzene rings is 3. The van der Waals surface area contributed by atoms with Crippen LogP contribution in [0, 0.1) is 23.5 Å². The Bertz CT molecular complexity index is 2300. The average molecular weight is 826 g/mol. The molecule has 8 rings (SSSR count). The topological polar surface area (TPSA) is 115 Å². The lowest BCUT2D eigenvalue weighted by Crippen LogP contribution is -2.65. The highest BCUT2D eigenvalue weighted by molar-refractivity contribution is 6.74. The number of hydrogen-bond acceptors (Lipinski definition) is 10. The number of nitrogens with zero attached hydrogens (tertiary/aromatic N) is 3. The van der Waals surface area contributed by atoms with E-state index in [0.717, 1.165) is 24.0 Å². The Morgan fingerprint density at radius 2 is 1.54 bits per heavy atom. The lowest BCUT2D eigenvalue weighted by Gasteiger charge is -2.55. The molecule has 1 saturated heterocycles. The van der Waals surface area contributed by atoms with Crippen molar-refractivity contribution in [2.45, 2.75) is 96.0 Å². The van der Waals surface area contributed by atoms with E-state index >= 15 is 18.4 Å². The molecule has 1 fully saturated rings. The number of ether oxygens (including phenoxy) is 2. The molecular formula is C46H53F2N3O7Si. The van der Waals surface area contributed by atoms with Crippen molar-refractivity contribution >= 4 is 19.9 Å². The number of carbonyl (C=O) groups excluding carboxylic acids is 2. The molecule has 0 radical (unpaired) electrons. The van der Waals surface area contributed by atoms with Crippen molar-refractivity contribution in [3.05, 3.63) is 123 Å². The lowest BCUT2D eigenvalue weighted by molar-refractivity contribution is -0.0481. The van der Waals surface area contributed by atoms with Crippen LogP contribution in [0.5, 0.6) is 11.6 Å². The monoisotopic (exact) mass is 825 g/mol. The predicted octanol–water partition coefficient (Wildman–Crippen LogP) is 9.15.